The highest BCUT2D eigenvalue weighted by atomic mass is 32.2. The molecule has 1 rings (SSSR count). The molecular formula is C8H6F5O2S+. The Balaban J connectivity index is 3.50. The number of benzene rings is 1. The molecule has 0 saturated carbocycles. The quantitative estimate of drug-likeness (QED) is 0.360. The molecule has 0 aliphatic carbocycles. The van der Waals surface area contributed by atoms with Crippen LogP contribution in [0.3, 0.4) is 0 Å². The summed E-state index contributed by atoms with van der Waals surface area (Å²) in [6.45, 7) is 0. The van der Waals surface area contributed by atoms with E-state index < -0.39 is 45.4 Å². The fourth-order valence-electron chi connectivity index (χ4n) is 0.966. The largest absolute Gasteiger partial charge is 0.362 e. The average molecular weight is 261 g/mol. The Kier molecular flexibility index (Phi) is 4.11. The summed E-state index contributed by atoms with van der Waals surface area (Å²) in [5, 5.41) is 0. The first kappa shape index (κ1) is 13.2. The normalized spacial score (nSPS) is 11.2. The zero-order chi connectivity index (χ0) is 12.5. The van der Waals surface area contributed by atoms with Gasteiger partial charge in [0.05, 0.1) is 14.2 Å². The summed E-state index contributed by atoms with van der Waals surface area (Å²) in [7, 11) is 2.04. The van der Waals surface area contributed by atoms with Crippen LogP contribution in [0.5, 0.6) is 0 Å². The van der Waals surface area contributed by atoms with Gasteiger partial charge in [0.15, 0.2) is 0 Å². The van der Waals surface area contributed by atoms with Crippen molar-refractivity contribution in [2.24, 2.45) is 0 Å². The lowest BCUT2D eigenvalue weighted by Crippen LogP contribution is -2.15. The van der Waals surface area contributed by atoms with Crippen LogP contribution in [0.2, 0.25) is 0 Å². The van der Waals surface area contributed by atoms with Gasteiger partial charge in [-0.2, -0.15) is 8.78 Å². The van der Waals surface area contributed by atoms with E-state index in [1.54, 1.807) is 0 Å². The van der Waals surface area contributed by atoms with Crippen molar-refractivity contribution in [3.05, 3.63) is 29.1 Å². The molecule has 0 spiro atoms. The van der Waals surface area contributed by atoms with E-state index in [0.717, 1.165) is 14.2 Å². The molecule has 0 saturated heterocycles. The summed E-state index contributed by atoms with van der Waals surface area (Å²) in [6.07, 6.45) is 0. The first-order chi connectivity index (χ1) is 7.45. The van der Waals surface area contributed by atoms with Gasteiger partial charge >= 0.3 is 16.4 Å². The van der Waals surface area contributed by atoms with E-state index in [2.05, 4.69) is 8.37 Å². The van der Waals surface area contributed by atoms with Crippen LogP contribution in [0.1, 0.15) is 0 Å². The van der Waals surface area contributed by atoms with Gasteiger partial charge in [-0.25, -0.2) is 13.2 Å². The van der Waals surface area contributed by atoms with Gasteiger partial charge in [0.2, 0.25) is 29.1 Å². The van der Waals surface area contributed by atoms with Gasteiger partial charge in [-0.05, 0) is 0 Å². The van der Waals surface area contributed by atoms with Crippen LogP contribution in [-0.2, 0) is 19.8 Å². The van der Waals surface area contributed by atoms with Crippen molar-refractivity contribution in [3.63, 3.8) is 0 Å². The predicted molar refractivity (Wildman–Crippen MR) is 45.9 cm³/mol. The standard InChI is InChI=1S/C8H6F5O2S/c1-14-16(15-2)8-6(12)4(10)3(9)5(11)7(8)13/h1-2H3/q+1. The molecule has 0 heterocycles. The molecule has 0 atom stereocenters. The minimum absolute atomic E-state index is 1.02. The molecule has 8 heteroatoms. The van der Waals surface area contributed by atoms with E-state index in [9.17, 15) is 22.0 Å². The van der Waals surface area contributed by atoms with Gasteiger partial charge in [-0.3, -0.25) is 0 Å². The molecule has 0 radical (unpaired) electrons. The Bertz CT molecular complexity index is 379. The highest BCUT2D eigenvalue weighted by Gasteiger charge is 2.40. The number of rotatable bonds is 3. The second kappa shape index (κ2) is 4.98. The molecule has 0 aromatic heterocycles. The number of hydrogen-bond donors (Lipinski definition) is 0. The van der Waals surface area contributed by atoms with Crippen molar-refractivity contribution in [2.75, 3.05) is 14.2 Å². The third-order valence-corrected chi connectivity index (χ3v) is 2.94. The first-order valence-electron chi connectivity index (χ1n) is 3.80. The van der Waals surface area contributed by atoms with E-state index in [1.807, 2.05) is 0 Å². The molecule has 90 valence electrons. The highest BCUT2D eigenvalue weighted by molar-refractivity contribution is 7.87. The number of halogens is 5. The minimum Gasteiger partial charge on any atom is -0.200 e. The van der Waals surface area contributed by atoms with E-state index in [0.29, 0.717) is 0 Å². The molecule has 1 aromatic carbocycles. The smallest absolute Gasteiger partial charge is 0.200 e. The lowest BCUT2D eigenvalue weighted by atomic mass is 10.3. The Morgan fingerprint density at radius 2 is 1.00 bits per heavy atom. The molecule has 0 N–H and O–H groups in total. The van der Waals surface area contributed by atoms with Gasteiger partial charge in [0, 0.05) is 0 Å². The molecule has 0 bridgehead atoms. The van der Waals surface area contributed by atoms with Gasteiger partial charge in [-0.1, -0.05) is 0 Å². The Morgan fingerprint density at radius 1 is 0.688 bits per heavy atom. The fraction of sp³-hybridized carbons (Fsp3) is 0.250. The van der Waals surface area contributed by atoms with Crippen molar-refractivity contribution in [2.45, 2.75) is 4.90 Å². The van der Waals surface area contributed by atoms with Gasteiger partial charge < -0.3 is 0 Å². The van der Waals surface area contributed by atoms with Crippen LogP contribution in [0.4, 0.5) is 22.0 Å². The number of hydrogen-bond acceptors (Lipinski definition) is 2. The maximum Gasteiger partial charge on any atom is 0.362 e. The Labute approximate surface area is 90.7 Å². The molecule has 0 amide bonds. The Morgan fingerprint density at radius 3 is 1.31 bits per heavy atom. The van der Waals surface area contributed by atoms with E-state index in [-0.39, 0.29) is 0 Å². The SMILES string of the molecule is CO[S+](OC)c1c(F)c(F)c(F)c(F)c1F. The zero-order valence-corrected chi connectivity index (χ0v) is 8.93. The van der Waals surface area contributed by atoms with Crippen molar-refractivity contribution in [3.8, 4) is 0 Å². The second-order valence-electron chi connectivity index (χ2n) is 2.47. The summed E-state index contributed by atoms with van der Waals surface area (Å²) in [5.74, 6) is -10.2. The fourth-order valence-corrected chi connectivity index (χ4v) is 1.91. The van der Waals surface area contributed by atoms with E-state index in [4.69, 9.17) is 0 Å². The van der Waals surface area contributed by atoms with E-state index >= 15 is 0 Å². The average Bonchev–Trinajstić information content (AvgIpc) is 2.29. The van der Waals surface area contributed by atoms with Crippen LogP contribution >= 0.6 is 0 Å². The van der Waals surface area contributed by atoms with Crippen molar-refractivity contribution in [1.29, 1.82) is 0 Å². The van der Waals surface area contributed by atoms with Gasteiger partial charge in [0.1, 0.15) is 0 Å². The lowest BCUT2D eigenvalue weighted by Gasteiger charge is -2.04. The monoisotopic (exact) mass is 261 g/mol. The zero-order valence-electron chi connectivity index (χ0n) is 8.11. The second-order valence-corrected chi connectivity index (χ2v) is 4.01. The maximum atomic E-state index is 13.2. The summed E-state index contributed by atoms with van der Waals surface area (Å²) in [4.78, 5) is -1.12. The molecule has 2 nitrogen and oxygen atoms in total. The highest BCUT2D eigenvalue weighted by Crippen LogP contribution is 2.28. The van der Waals surface area contributed by atoms with Crippen molar-refractivity contribution < 1.29 is 30.3 Å². The molecular weight excluding hydrogens is 255 g/mol. The summed E-state index contributed by atoms with van der Waals surface area (Å²) >= 11 is -1.95. The first-order valence-corrected chi connectivity index (χ1v) is 4.87. The lowest BCUT2D eigenvalue weighted by molar-refractivity contribution is 0.328. The van der Waals surface area contributed by atoms with Crippen LogP contribution in [0, 0.1) is 29.1 Å². The van der Waals surface area contributed by atoms with Gasteiger partial charge in [0.25, 0.3) is 0 Å². The topological polar surface area (TPSA) is 18.5 Å². The maximum absolute atomic E-state index is 13.2. The summed E-state index contributed by atoms with van der Waals surface area (Å²) in [6, 6.07) is 0. The van der Waals surface area contributed by atoms with Crippen LogP contribution in [-0.4, -0.2) is 14.2 Å². The van der Waals surface area contributed by atoms with Crippen molar-refractivity contribution in [1.82, 2.24) is 0 Å². The van der Waals surface area contributed by atoms with Gasteiger partial charge in [-0.15, -0.1) is 8.37 Å². The van der Waals surface area contributed by atoms with Crippen LogP contribution < -0.4 is 0 Å². The molecule has 0 aliphatic rings. The molecule has 16 heavy (non-hydrogen) atoms. The Hall–Kier alpha value is -0.860. The van der Waals surface area contributed by atoms with Crippen LogP contribution in [0.25, 0.3) is 0 Å². The third-order valence-electron chi connectivity index (χ3n) is 1.64. The summed E-state index contributed by atoms with van der Waals surface area (Å²) < 4.78 is 73.4. The van der Waals surface area contributed by atoms with Crippen LogP contribution in [0.15, 0.2) is 4.90 Å². The molecule has 0 aliphatic heterocycles. The molecule has 0 unspecified atom stereocenters. The molecule has 1 aromatic rings. The minimum atomic E-state index is -2.21. The predicted octanol–water partition coefficient (Wildman–Crippen LogP) is 2.48. The van der Waals surface area contributed by atoms with Crippen molar-refractivity contribution >= 4 is 11.5 Å². The van der Waals surface area contributed by atoms with E-state index in [1.165, 1.54) is 0 Å². The summed E-state index contributed by atoms with van der Waals surface area (Å²) in [5.41, 5.74) is 0. The third kappa shape index (κ3) is 2.00. The molecule has 0 fully saturated rings.